The number of carbonyl (C=O) groups excluding carboxylic acids is 1. The van der Waals surface area contributed by atoms with E-state index >= 15 is 0 Å². The van der Waals surface area contributed by atoms with Gasteiger partial charge in [-0.2, -0.15) is 0 Å². The molecule has 10 heteroatoms. The summed E-state index contributed by atoms with van der Waals surface area (Å²) in [7, 11) is 3.41. The van der Waals surface area contributed by atoms with E-state index in [2.05, 4.69) is 57.8 Å². The summed E-state index contributed by atoms with van der Waals surface area (Å²) in [6, 6.07) is 32.4. The van der Waals surface area contributed by atoms with Crippen LogP contribution in [0.25, 0.3) is 10.9 Å². The van der Waals surface area contributed by atoms with Crippen LogP contribution in [0.5, 0.6) is 11.5 Å². The molecule has 6 rings (SSSR count). The normalized spacial score (nSPS) is 15.7. The Bertz CT molecular complexity index is 1930. The van der Waals surface area contributed by atoms with Gasteiger partial charge >= 0.3 is 6.09 Å². The van der Waals surface area contributed by atoms with E-state index in [-0.39, 0.29) is 24.7 Å². The van der Waals surface area contributed by atoms with Crippen LogP contribution in [0.15, 0.2) is 102 Å². The summed E-state index contributed by atoms with van der Waals surface area (Å²) in [6.45, 7) is 6.99. The standard InChI is InChI=1S/C44H51BrN2O7/c1-32-27-35-15-16-37(42(45)43(35)47(32)22-9-24-49-2)31-53-41-28-46(44(48)54-29-33-11-5-4-6-12-33)23-21-39(41)34-17-19-38(20-18-34)52-26-10-25-51-30-36-13-7-8-14-40(36)50-3/h4-8,11-20,27,39,41H,9-10,21-26,28-31H2,1-3H3. The number of hydrogen-bond donors (Lipinski definition) is 0. The zero-order valence-corrected chi connectivity index (χ0v) is 33.1. The molecule has 0 spiro atoms. The van der Waals surface area contributed by atoms with Crippen LogP contribution in [0.2, 0.25) is 0 Å². The maximum atomic E-state index is 13.3. The molecule has 1 aliphatic heterocycles. The lowest BCUT2D eigenvalue weighted by atomic mass is 9.87. The molecule has 286 valence electrons. The van der Waals surface area contributed by atoms with Crippen molar-refractivity contribution in [1.82, 2.24) is 9.47 Å². The minimum Gasteiger partial charge on any atom is -0.496 e. The second kappa shape index (κ2) is 19.8. The van der Waals surface area contributed by atoms with Crippen LogP contribution in [0.1, 0.15) is 53.1 Å². The summed E-state index contributed by atoms with van der Waals surface area (Å²) in [4.78, 5) is 15.1. The predicted octanol–water partition coefficient (Wildman–Crippen LogP) is 9.45. The van der Waals surface area contributed by atoms with Gasteiger partial charge in [0.05, 0.1) is 51.7 Å². The fourth-order valence-electron chi connectivity index (χ4n) is 7.06. The monoisotopic (exact) mass is 798 g/mol. The average Bonchev–Trinajstić information content (AvgIpc) is 3.53. The van der Waals surface area contributed by atoms with Crippen LogP contribution in [-0.4, -0.2) is 68.8 Å². The predicted molar refractivity (Wildman–Crippen MR) is 214 cm³/mol. The van der Waals surface area contributed by atoms with Crippen molar-refractivity contribution in [2.24, 2.45) is 0 Å². The molecule has 1 saturated heterocycles. The molecule has 4 aromatic carbocycles. The molecule has 54 heavy (non-hydrogen) atoms. The highest BCUT2D eigenvalue weighted by Gasteiger charge is 2.34. The van der Waals surface area contributed by atoms with Gasteiger partial charge in [-0.1, -0.05) is 72.8 Å². The Balaban J connectivity index is 1.09. The number of fused-ring (bicyclic) bond motifs is 1. The summed E-state index contributed by atoms with van der Waals surface area (Å²) >= 11 is 3.93. The maximum absolute atomic E-state index is 13.3. The van der Waals surface area contributed by atoms with Gasteiger partial charge in [0.15, 0.2) is 0 Å². The van der Waals surface area contributed by atoms with Gasteiger partial charge in [0, 0.05) is 60.3 Å². The van der Waals surface area contributed by atoms with Gasteiger partial charge in [-0.25, -0.2) is 4.79 Å². The SMILES string of the molecule is COCCCn1c(C)cc2ccc(COC3CN(C(=O)OCc4ccccc4)CCC3c3ccc(OCCCOCc4ccccc4OC)cc3)c(Br)c21. The first-order valence-corrected chi connectivity index (χ1v) is 19.5. The summed E-state index contributed by atoms with van der Waals surface area (Å²) in [5.74, 6) is 1.73. The molecule has 5 aromatic rings. The van der Waals surface area contributed by atoms with Gasteiger partial charge in [0.1, 0.15) is 18.1 Å². The fourth-order valence-corrected chi connectivity index (χ4v) is 7.75. The third-order valence-electron chi connectivity index (χ3n) is 9.95. The third kappa shape index (κ3) is 10.2. The number of aromatic nitrogens is 1. The Morgan fingerprint density at radius 2 is 1.63 bits per heavy atom. The van der Waals surface area contributed by atoms with Crippen molar-refractivity contribution in [3.63, 3.8) is 0 Å². The topological polar surface area (TPSA) is 80.6 Å². The molecular formula is C44H51BrN2O7. The van der Waals surface area contributed by atoms with Crippen LogP contribution in [0.4, 0.5) is 4.79 Å². The lowest BCUT2D eigenvalue weighted by Crippen LogP contribution is -2.47. The molecule has 0 N–H and O–H groups in total. The van der Waals surface area contributed by atoms with Crippen LogP contribution in [0.3, 0.4) is 0 Å². The third-order valence-corrected chi connectivity index (χ3v) is 10.8. The minimum absolute atomic E-state index is 0.0863. The first-order chi connectivity index (χ1) is 26.4. The zero-order valence-electron chi connectivity index (χ0n) is 31.5. The second-order valence-corrected chi connectivity index (χ2v) is 14.4. The smallest absolute Gasteiger partial charge is 0.410 e. The van der Waals surface area contributed by atoms with Crippen LogP contribution >= 0.6 is 15.9 Å². The van der Waals surface area contributed by atoms with E-state index in [9.17, 15) is 4.79 Å². The van der Waals surface area contributed by atoms with E-state index in [0.29, 0.717) is 46.1 Å². The van der Waals surface area contributed by atoms with Gasteiger partial charge in [0.2, 0.25) is 0 Å². The van der Waals surface area contributed by atoms with E-state index in [4.69, 9.17) is 28.4 Å². The molecule has 0 saturated carbocycles. The number of nitrogens with zero attached hydrogens (tertiary/aromatic N) is 2. The van der Waals surface area contributed by atoms with Crippen molar-refractivity contribution >= 4 is 32.9 Å². The number of piperidine rings is 1. The van der Waals surface area contributed by atoms with Gasteiger partial charge in [0.25, 0.3) is 0 Å². The zero-order chi connectivity index (χ0) is 37.7. The number of halogens is 1. The highest BCUT2D eigenvalue weighted by molar-refractivity contribution is 9.10. The first-order valence-electron chi connectivity index (χ1n) is 18.7. The average molecular weight is 800 g/mol. The summed E-state index contributed by atoms with van der Waals surface area (Å²) in [5, 5.41) is 1.19. The largest absolute Gasteiger partial charge is 0.496 e. The lowest BCUT2D eigenvalue weighted by molar-refractivity contribution is -0.0247. The number of amides is 1. The quantitative estimate of drug-likeness (QED) is 0.0818. The summed E-state index contributed by atoms with van der Waals surface area (Å²) in [6.07, 6.45) is 1.87. The fraction of sp³-hybridized carbons (Fsp3) is 0.386. The number of likely N-dealkylation sites (tertiary alicyclic amines) is 1. The van der Waals surface area contributed by atoms with Crippen LogP contribution in [0, 0.1) is 6.92 Å². The Morgan fingerprint density at radius 3 is 2.43 bits per heavy atom. The van der Waals surface area contributed by atoms with Gasteiger partial charge < -0.3 is 37.9 Å². The van der Waals surface area contributed by atoms with Crippen molar-refractivity contribution in [2.75, 3.05) is 47.1 Å². The number of carbonyl (C=O) groups is 1. The molecule has 1 amide bonds. The number of benzene rings is 4. The second-order valence-electron chi connectivity index (χ2n) is 13.6. The number of hydrogen-bond acceptors (Lipinski definition) is 7. The highest BCUT2D eigenvalue weighted by Crippen LogP contribution is 2.35. The Hall–Kier alpha value is -4.35. The molecule has 2 heterocycles. The molecule has 0 radical (unpaired) electrons. The molecule has 1 aromatic heterocycles. The highest BCUT2D eigenvalue weighted by atomic mass is 79.9. The minimum atomic E-state index is -0.325. The molecular weight excluding hydrogens is 748 g/mol. The van der Waals surface area contributed by atoms with Crippen LogP contribution in [-0.2, 0) is 45.3 Å². The Kier molecular flexibility index (Phi) is 14.4. The lowest BCUT2D eigenvalue weighted by Gasteiger charge is -2.38. The maximum Gasteiger partial charge on any atom is 0.410 e. The molecule has 0 aliphatic carbocycles. The van der Waals surface area contributed by atoms with Gasteiger partial charge in [-0.05, 0) is 76.7 Å². The molecule has 2 unspecified atom stereocenters. The van der Waals surface area contributed by atoms with Crippen molar-refractivity contribution < 1.29 is 33.2 Å². The number of aryl methyl sites for hydroxylation is 2. The van der Waals surface area contributed by atoms with Gasteiger partial charge in [-0.15, -0.1) is 0 Å². The molecule has 1 fully saturated rings. The molecule has 2 atom stereocenters. The van der Waals surface area contributed by atoms with Gasteiger partial charge in [-0.3, -0.25) is 0 Å². The number of ether oxygens (including phenoxy) is 6. The van der Waals surface area contributed by atoms with Crippen molar-refractivity contribution in [1.29, 1.82) is 0 Å². The summed E-state index contributed by atoms with van der Waals surface area (Å²) < 4.78 is 38.5. The van der Waals surface area contributed by atoms with Crippen LogP contribution < -0.4 is 9.47 Å². The van der Waals surface area contributed by atoms with E-state index in [1.54, 1.807) is 19.1 Å². The van der Waals surface area contributed by atoms with Crippen molar-refractivity contribution in [3.05, 3.63) is 129 Å². The van der Waals surface area contributed by atoms with E-state index in [1.165, 1.54) is 11.1 Å². The number of methoxy groups -OCH3 is 2. The van der Waals surface area contributed by atoms with Crippen molar-refractivity contribution in [2.45, 2.75) is 64.6 Å². The number of para-hydroxylation sites is 1. The van der Waals surface area contributed by atoms with Crippen molar-refractivity contribution in [3.8, 4) is 11.5 Å². The molecule has 1 aliphatic rings. The van der Waals surface area contributed by atoms with E-state index in [0.717, 1.165) is 69.5 Å². The van der Waals surface area contributed by atoms with E-state index < -0.39 is 0 Å². The Labute approximate surface area is 327 Å². The molecule has 9 nitrogen and oxygen atoms in total. The number of rotatable bonds is 18. The van der Waals surface area contributed by atoms with E-state index in [1.807, 2.05) is 66.7 Å². The first kappa shape index (κ1) is 39.3. The molecule has 0 bridgehead atoms. The summed E-state index contributed by atoms with van der Waals surface area (Å²) in [5.41, 5.74) is 6.57. The Morgan fingerprint density at radius 1 is 0.833 bits per heavy atom.